The number of ketones is 1. The van der Waals surface area contributed by atoms with Gasteiger partial charge < -0.3 is 19.3 Å². The minimum absolute atomic E-state index is 0.00935. The van der Waals surface area contributed by atoms with E-state index < -0.39 is 29.8 Å². The third-order valence-electron chi connectivity index (χ3n) is 10.2. The number of benzene rings is 1. The van der Waals surface area contributed by atoms with Crippen molar-refractivity contribution in [2.24, 2.45) is 23.8 Å². The molecule has 1 saturated heterocycles. The molecule has 4 aliphatic rings. The number of aryl methyl sites for hydroxylation is 1. The van der Waals surface area contributed by atoms with Crippen LogP contribution in [-0.2, 0) is 44.0 Å². The molecule has 1 spiro atoms. The second-order valence-electron chi connectivity index (χ2n) is 13.0. The van der Waals surface area contributed by atoms with Crippen molar-refractivity contribution in [3.8, 4) is 5.75 Å². The predicted molar refractivity (Wildman–Crippen MR) is 155 cm³/mol. The Morgan fingerprint density at radius 1 is 1.18 bits per heavy atom. The molecule has 2 saturated carbocycles. The van der Waals surface area contributed by atoms with E-state index in [1.807, 2.05) is 0 Å². The molecule has 1 aromatic carbocycles. The van der Waals surface area contributed by atoms with Gasteiger partial charge in [0.1, 0.15) is 29.5 Å². The number of hydrogen-bond donors (Lipinski definition) is 0. The Labute approximate surface area is 264 Å². The predicted octanol–water partition coefficient (Wildman–Crippen LogP) is 3.97. The minimum atomic E-state index is -2.82. The Kier molecular flexibility index (Phi) is 8.11. The van der Waals surface area contributed by atoms with Crippen molar-refractivity contribution < 1.29 is 37.4 Å². The Hall–Kier alpha value is -3.61. The lowest BCUT2D eigenvalue weighted by atomic mass is 9.66. The van der Waals surface area contributed by atoms with Crippen molar-refractivity contribution in [3.63, 3.8) is 0 Å². The van der Waals surface area contributed by atoms with Gasteiger partial charge >= 0.3 is 5.97 Å². The van der Waals surface area contributed by atoms with Crippen LogP contribution in [0.1, 0.15) is 80.4 Å². The van der Waals surface area contributed by atoms with Crippen molar-refractivity contribution in [3.05, 3.63) is 39.7 Å². The van der Waals surface area contributed by atoms with Crippen molar-refractivity contribution in [2.75, 3.05) is 26.7 Å². The summed E-state index contributed by atoms with van der Waals surface area (Å²) in [5.41, 5.74) is -0.356. The molecule has 2 amide bonds. The summed E-state index contributed by atoms with van der Waals surface area (Å²) in [4.78, 5) is 56.8. The van der Waals surface area contributed by atoms with Crippen molar-refractivity contribution in [1.82, 2.24) is 24.8 Å². The summed E-state index contributed by atoms with van der Waals surface area (Å²) in [5, 5.41) is 8.02. The third kappa shape index (κ3) is 5.57. The van der Waals surface area contributed by atoms with E-state index in [2.05, 4.69) is 10.3 Å². The van der Waals surface area contributed by atoms with E-state index in [1.165, 1.54) is 14.2 Å². The first kappa shape index (κ1) is 31.4. The second kappa shape index (κ2) is 11.6. The molecule has 1 aromatic heterocycles. The number of ether oxygens (including phenoxy) is 2. The summed E-state index contributed by atoms with van der Waals surface area (Å²) in [6.45, 7) is 2.29. The summed E-state index contributed by atoms with van der Waals surface area (Å²) in [7, 11) is 2.64. The van der Waals surface area contributed by atoms with Gasteiger partial charge in [-0.25, -0.2) is 13.5 Å². The quantitative estimate of drug-likeness (QED) is 0.395. The van der Waals surface area contributed by atoms with Crippen LogP contribution < -0.4 is 4.74 Å². The van der Waals surface area contributed by atoms with E-state index in [0.29, 0.717) is 35.7 Å². The van der Waals surface area contributed by atoms with Crippen LogP contribution in [0.5, 0.6) is 5.75 Å². The normalized spacial score (nSPS) is 25.6. The zero-order valence-electron chi connectivity index (χ0n) is 25.5. The van der Waals surface area contributed by atoms with Gasteiger partial charge in [0.25, 0.3) is 6.43 Å². The molecular formula is C31H36ClF2N5O6. The van der Waals surface area contributed by atoms with Crippen molar-refractivity contribution >= 4 is 35.2 Å². The van der Waals surface area contributed by atoms with Gasteiger partial charge in [-0.3, -0.25) is 19.2 Å². The van der Waals surface area contributed by atoms with Crippen LogP contribution in [0.4, 0.5) is 8.78 Å². The van der Waals surface area contributed by atoms with Crippen LogP contribution >= 0.6 is 11.6 Å². The fourth-order valence-corrected chi connectivity index (χ4v) is 7.58. The number of alkyl halides is 2. The van der Waals surface area contributed by atoms with Gasteiger partial charge in [0, 0.05) is 56.5 Å². The van der Waals surface area contributed by atoms with Gasteiger partial charge in [-0.05, 0) is 55.7 Å². The highest BCUT2D eigenvalue weighted by Gasteiger charge is 2.54. The average Bonchev–Trinajstić information content (AvgIpc) is 3.54. The second-order valence-corrected chi connectivity index (χ2v) is 13.4. The fraction of sp³-hybridized carbons (Fsp3) is 0.613. The third-order valence-corrected chi connectivity index (χ3v) is 10.6. The van der Waals surface area contributed by atoms with Crippen LogP contribution in [-0.4, -0.2) is 75.1 Å². The number of nitrogens with zero attached hydrogens (tertiary/aromatic N) is 5. The van der Waals surface area contributed by atoms with Crippen LogP contribution in [0.3, 0.4) is 0 Å². The number of methoxy groups -OCH3 is 1. The molecule has 2 aliphatic heterocycles. The molecule has 3 atom stereocenters. The van der Waals surface area contributed by atoms with Crippen molar-refractivity contribution in [2.45, 2.75) is 70.9 Å². The largest absolute Gasteiger partial charge is 0.487 e. The van der Waals surface area contributed by atoms with Crippen LogP contribution in [0, 0.1) is 16.7 Å². The highest BCUT2D eigenvalue weighted by molar-refractivity contribution is 6.31. The maximum atomic E-state index is 14.5. The fourth-order valence-electron chi connectivity index (χ4n) is 7.32. The molecule has 11 nitrogen and oxygen atoms in total. The van der Waals surface area contributed by atoms with Crippen LogP contribution in [0.15, 0.2) is 12.1 Å². The first-order valence-corrected chi connectivity index (χ1v) is 15.5. The molecule has 2 aliphatic carbocycles. The number of amides is 2. The Morgan fingerprint density at radius 3 is 2.60 bits per heavy atom. The lowest BCUT2D eigenvalue weighted by Gasteiger charge is -2.45. The number of hydrogen-bond acceptors (Lipinski definition) is 8. The average molecular weight is 648 g/mol. The molecule has 1 unspecified atom stereocenters. The molecular weight excluding hydrogens is 612 g/mol. The van der Waals surface area contributed by atoms with E-state index in [-0.39, 0.29) is 73.4 Å². The van der Waals surface area contributed by atoms with E-state index in [1.54, 1.807) is 28.9 Å². The first-order chi connectivity index (χ1) is 21.4. The summed E-state index contributed by atoms with van der Waals surface area (Å²) in [6, 6.07) is 2.55. The SMILES string of the molecule is COC(=O)[C@@]1(C)CCC(=O)C[C@H]1C(=O)N1CCc2c(Cl)ccc(OCc3nnn(C)c3C(F)F)c2C1CN1CC2(CC2)CC1=O. The van der Waals surface area contributed by atoms with Gasteiger partial charge in [0.2, 0.25) is 11.8 Å². The standard InChI is InChI=1S/C31H36ClF2N5O6/c1-30(29(43)44-3)8-6-17(40)12-19(30)28(42)39-11-7-18-20(32)4-5-23(45-15-21-26(27(33)34)37(2)36-35-21)25(18)22(39)14-38-16-31(9-10-31)13-24(38)41/h4-5,19,22,27H,6-16H2,1-3H3/t19-,22?,30-/m0/s1. The van der Waals surface area contributed by atoms with Gasteiger partial charge in [0.05, 0.1) is 24.5 Å². The van der Waals surface area contributed by atoms with Crippen LogP contribution in [0.2, 0.25) is 5.02 Å². The maximum Gasteiger partial charge on any atom is 0.312 e. The Bertz CT molecular complexity index is 1560. The minimum Gasteiger partial charge on any atom is -0.487 e. The molecule has 2 aromatic rings. The molecule has 0 bridgehead atoms. The number of fused-ring (bicyclic) bond motifs is 1. The molecule has 0 radical (unpaired) electrons. The number of carbonyl (C=O) groups excluding carboxylic acids is 4. The van der Waals surface area contributed by atoms with E-state index >= 15 is 0 Å². The zero-order valence-corrected chi connectivity index (χ0v) is 26.2. The van der Waals surface area contributed by atoms with Gasteiger partial charge in [-0.2, -0.15) is 0 Å². The molecule has 3 fully saturated rings. The first-order valence-electron chi connectivity index (χ1n) is 15.2. The highest BCUT2D eigenvalue weighted by atomic mass is 35.5. The molecule has 6 rings (SSSR count). The number of likely N-dealkylation sites (tertiary alicyclic amines) is 1. The number of carbonyl (C=O) groups is 4. The van der Waals surface area contributed by atoms with Crippen LogP contribution in [0.25, 0.3) is 0 Å². The molecule has 242 valence electrons. The maximum absolute atomic E-state index is 14.5. The van der Waals surface area contributed by atoms with E-state index in [0.717, 1.165) is 23.1 Å². The zero-order chi connectivity index (χ0) is 32.3. The number of rotatable bonds is 8. The summed E-state index contributed by atoms with van der Waals surface area (Å²) >= 11 is 6.70. The molecule has 45 heavy (non-hydrogen) atoms. The smallest absolute Gasteiger partial charge is 0.312 e. The summed E-state index contributed by atoms with van der Waals surface area (Å²) < 4.78 is 39.7. The van der Waals surface area contributed by atoms with Gasteiger partial charge in [-0.1, -0.05) is 16.8 Å². The molecule has 14 heteroatoms. The Balaban J connectivity index is 1.39. The number of aromatic nitrogens is 3. The summed E-state index contributed by atoms with van der Waals surface area (Å²) in [6.07, 6.45) is 0.145. The van der Waals surface area contributed by atoms with Gasteiger partial charge in [0.15, 0.2) is 0 Å². The monoisotopic (exact) mass is 647 g/mol. The number of Topliss-reactive ketones (excluding diaryl/α,β-unsaturated/α-hetero) is 1. The lowest BCUT2D eigenvalue weighted by Crippen LogP contribution is -2.54. The topological polar surface area (TPSA) is 124 Å². The number of esters is 1. The molecule has 0 N–H and O–H groups in total. The highest BCUT2D eigenvalue weighted by Crippen LogP contribution is 2.54. The van der Waals surface area contributed by atoms with E-state index in [9.17, 15) is 28.0 Å². The summed E-state index contributed by atoms with van der Waals surface area (Å²) in [5.74, 6) is -1.72. The molecule has 3 heterocycles. The van der Waals surface area contributed by atoms with E-state index in [4.69, 9.17) is 21.1 Å². The lowest BCUT2D eigenvalue weighted by molar-refractivity contribution is -0.166. The Morgan fingerprint density at radius 2 is 1.93 bits per heavy atom. The number of halogens is 3. The van der Waals surface area contributed by atoms with Crippen molar-refractivity contribution in [1.29, 1.82) is 0 Å². The van der Waals surface area contributed by atoms with Gasteiger partial charge in [-0.15, -0.1) is 5.10 Å².